The van der Waals surface area contributed by atoms with Gasteiger partial charge in [0, 0.05) is 35.4 Å². The Morgan fingerprint density at radius 3 is 2.40 bits per heavy atom. The summed E-state index contributed by atoms with van der Waals surface area (Å²) in [5.74, 6) is -0.249. The molecule has 0 aromatic heterocycles. The molecule has 0 fully saturated rings. The number of amides is 2. The van der Waals surface area contributed by atoms with Gasteiger partial charge in [-0.3, -0.25) is 9.59 Å². The number of hydrogen-bond donors (Lipinski definition) is 2. The van der Waals surface area contributed by atoms with Gasteiger partial charge in [-0.15, -0.1) is 0 Å². The molecule has 0 bridgehead atoms. The third-order valence-corrected chi connectivity index (χ3v) is 6.10. The number of hydrogen-bond acceptors (Lipinski definition) is 4. The molecule has 2 amide bonds. The van der Waals surface area contributed by atoms with Crippen LogP contribution >= 0.6 is 11.6 Å². The van der Waals surface area contributed by atoms with Crippen molar-refractivity contribution in [3.05, 3.63) is 94.5 Å². The van der Waals surface area contributed by atoms with Crippen molar-refractivity contribution >= 4 is 46.1 Å². The van der Waals surface area contributed by atoms with E-state index in [2.05, 4.69) is 15.5 Å². The molecule has 1 aliphatic heterocycles. The summed E-state index contributed by atoms with van der Waals surface area (Å²) < 4.78 is 0. The first-order chi connectivity index (χ1) is 16.8. The monoisotopic (exact) mass is 488 g/mol. The Bertz CT molecular complexity index is 1270. The number of benzene rings is 3. The minimum absolute atomic E-state index is 0.0417. The van der Waals surface area contributed by atoms with Crippen LogP contribution in [0.15, 0.2) is 72.8 Å². The largest absolute Gasteiger partial charge is 0.354 e. The molecule has 2 N–H and O–H groups in total. The van der Waals surface area contributed by atoms with Gasteiger partial charge < -0.3 is 20.4 Å². The molecule has 0 aliphatic carbocycles. The molecule has 0 atom stereocenters. The van der Waals surface area contributed by atoms with Crippen molar-refractivity contribution in [3.63, 3.8) is 0 Å². The van der Waals surface area contributed by atoms with Crippen molar-refractivity contribution in [1.82, 2.24) is 9.80 Å². The second-order valence-corrected chi connectivity index (χ2v) is 9.29. The lowest BCUT2D eigenvalue weighted by molar-refractivity contribution is -0.110. The van der Waals surface area contributed by atoms with Crippen LogP contribution in [0, 0.1) is 0 Å². The molecule has 35 heavy (non-hydrogen) atoms. The highest BCUT2D eigenvalue weighted by Gasteiger charge is 2.28. The Hall–Kier alpha value is -3.61. The van der Waals surface area contributed by atoms with E-state index in [1.54, 1.807) is 17.0 Å². The molecule has 180 valence electrons. The smallest absolute Gasteiger partial charge is 0.258 e. The van der Waals surface area contributed by atoms with Gasteiger partial charge in [0.1, 0.15) is 0 Å². The summed E-state index contributed by atoms with van der Waals surface area (Å²) in [7, 11) is 5.86. The van der Waals surface area contributed by atoms with Gasteiger partial charge in [-0.25, -0.2) is 0 Å². The molecule has 3 aromatic carbocycles. The molecule has 1 heterocycles. The van der Waals surface area contributed by atoms with E-state index in [-0.39, 0.29) is 11.8 Å². The average Bonchev–Trinajstić information content (AvgIpc) is 3.17. The summed E-state index contributed by atoms with van der Waals surface area (Å²) in [4.78, 5) is 29.9. The molecular formula is C28H29ClN4O2. The molecule has 3 aromatic rings. The number of rotatable bonds is 8. The molecule has 4 rings (SSSR count). The van der Waals surface area contributed by atoms with E-state index in [1.807, 2.05) is 81.8 Å². The molecule has 7 heteroatoms. The lowest BCUT2D eigenvalue weighted by Gasteiger charge is -2.19. The van der Waals surface area contributed by atoms with Gasteiger partial charge in [0.15, 0.2) is 0 Å². The fraction of sp³-hybridized carbons (Fsp3) is 0.214. The number of carbonyl (C=O) groups excluding carboxylic acids is 2. The molecule has 0 saturated heterocycles. The van der Waals surface area contributed by atoms with E-state index < -0.39 is 0 Å². The first-order valence-corrected chi connectivity index (χ1v) is 11.9. The van der Waals surface area contributed by atoms with Crippen LogP contribution in [-0.2, 0) is 4.79 Å². The minimum atomic E-state index is -0.207. The highest BCUT2D eigenvalue weighted by Crippen LogP contribution is 2.38. The summed E-state index contributed by atoms with van der Waals surface area (Å²) in [6.45, 7) is 1.59. The fourth-order valence-electron chi connectivity index (χ4n) is 4.10. The Kier molecular flexibility index (Phi) is 7.54. The predicted octanol–water partition coefficient (Wildman–Crippen LogP) is 5.30. The third kappa shape index (κ3) is 5.73. The van der Waals surface area contributed by atoms with E-state index in [4.69, 9.17) is 11.6 Å². The Morgan fingerprint density at radius 1 is 0.914 bits per heavy atom. The SMILES string of the molecule is CN(C)CCCN(C)C(=O)c1cccc(N/C(=C2\C(=O)Nc3cc(Cl)ccc32)c2ccccc2)c1. The molecule has 0 spiro atoms. The number of nitrogens with one attached hydrogen (secondary N) is 2. The Morgan fingerprint density at radius 2 is 1.66 bits per heavy atom. The normalized spacial score (nSPS) is 13.9. The predicted molar refractivity (Wildman–Crippen MR) is 144 cm³/mol. The van der Waals surface area contributed by atoms with E-state index in [1.165, 1.54) is 0 Å². The van der Waals surface area contributed by atoms with Crippen molar-refractivity contribution in [1.29, 1.82) is 0 Å². The second-order valence-electron chi connectivity index (χ2n) is 8.85. The van der Waals surface area contributed by atoms with Gasteiger partial charge in [-0.2, -0.15) is 0 Å². The number of anilines is 2. The number of fused-ring (bicyclic) bond motifs is 1. The number of carbonyl (C=O) groups is 2. The maximum absolute atomic E-state index is 13.0. The zero-order chi connectivity index (χ0) is 24.9. The average molecular weight is 489 g/mol. The van der Waals surface area contributed by atoms with Crippen LogP contribution in [0.5, 0.6) is 0 Å². The van der Waals surface area contributed by atoms with Crippen LogP contribution < -0.4 is 10.6 Å². The standard InChI is InChI=1S/C28H29ClN4O2/c1-32(2)15-8-16-33(3)28(35)20-11-7-12-22(17-20)30-26(19-9-5-4-6-10-19)25-23-14-13-21(29)18-24(23)31-27(25)34/h4-7,9-14,17-18,30H,8,15-16H2,1-3H3,(H,31,34)/b26-25-. The van der Waals surface area contributed by atoms with Gasteiger partial charge >= 0.3 is 0 Å². The maximum atomic E-state index is 13.0. The van der Waals surface area contributed by atoms with Crippen LogP contribution in [0.2, 0.25) is 5.02 Å². The lowest BCUT2D eigenvalue weighted by atomic mass is 10.00. The molecular weight excluding hydrogens is 460 g/mol. The molecule has 0 radical (unpaired) electrons. The number of halogens is 1. The van der Waals surface area contributed by atoms with Crippen LogP contribution in [0.3, 0.4) is 0 Å². The first-order valence-electron chi connectivity index (χ1n) is 11.5. The van der Waals surface area contributed by atoms with Crippen LogP contribution in [0.1, 0.15) is 27.9 Å². The van der Waals surface area contributed by atoms with Gasteiger partial charge in [-0.1, -0.05) is 54.1 Å². The molecule has 0 saturated carbocycles. The Labute approximate surface area is 211 Å². The van der Waals surface area contributed by atoms with Crippen molar-refractivity contribution in [3.8, 4) is 0 Å². The highest BCUT2D eigenvalue weighted by atomic mass is 35.5. The van der Waals surface area contributed by atoms with Gasteiger partial charge in [0.25, 0.3) is 11.8 Å². The first kappa shape index (κ1) is 24.5. The molecule has 1 aliphatic rings. The zero-order valence-corrected chi connectivity index (χ0v) is 20.9. The van der Waals surface area contributed by atoms with Crippen molar-refractivity contribution in [2.24, 2.45) is 0 Å². The third-order valence-electron chi connectivity index (χ3n) is 5.86. The summed E-state index contributed by atoms with van der Waals surface area (Å²) in [6.07, 6.45) is 0.899. The lowest BCUT2D eigenvalue weighted by Crippen LogP contribution is -2.29. The van der Waals surface area contributed by atoms with Crippen LogP contribution in [0.25, 0.3) is 11.3 Å². The summed E-state index contributed by atoms with van der Waals surface area (Å²) in [5.41, 5.74) is 4.81. The van der Waals surface area contributed by atoms with E-state index >= 15 is 0 Å². The number of nitrogens with zero attached hydrogens (tertiary/aromatic N) is 2. The van der Waals surface area contributed by atoms with Crippen LogP contribution in [-0.4, -0.2) is 55.8 Å². The van der Waals surface area contributed by atoms with Gasteiger partial charge in [0.05, 0.1) is 17.0 Å². The van der Waals surface area contributed by atoms with Gasteiger partial charge in [0.2, 0.25) is 0 Å². The van der Waals surface area contributed by atoms with E-state index in [0.717, 1.165) is 29.8 Å². The molecule has 0 unspecified atom stereocenters. The van der Waals surface area contributed by atoms with Crippen molar-refractivity contribution in [2.75, 3.05) is 44.9 Å². The quantitative estimate of drug-likeness (QED) is 0.422. The zero-order valence-electron chi connectivity index (χ0n) is 20.1. The minimum Gasteiger partial charge on any atom is -0.354 e. The maximum Gasteiger partial charge on any atom is 0.258 e. The van der Waals surface area contributed by atoms with Crippen molar-refractivity contribution in [2.45, 2.75) is 6.42 Å². The van der Waals surface area contributed by atoms with Crippen molar-refractivity contribution < 1.29 is 9.59 Å². The van der Waals surface area contributed by atoms with E-state index in [9.17, 15) is 9.59 Å². The second kappa shape index (κ2) is 10.8. The van der Waals surface area contributed by atoms with Gasteiger partial charge in [-0.05, 0) is 63.0 Å². The fourth-order valence-corrected chi connectivity index (χ4v) is 4.27. The summed E-state index contributed by atoms with van der Waals surface area (Å²) in [5, 5.41) is 6.89. The summed E-state index contributed by atoms with van der Waals surface area (Å²) >= 11 is 6.14. The molecule has 6 nitrogen and oxygen atoms in total. The van der Waals surface area contributed by atoms with Crippen LogP contribution in [0.4, 0.5) is 11.4 Å². The highest BCUT2D eigenvalue weighted by molar-refractivity contribution is 6.38. The topological polar surface area (TPSA) is 64.7 Å². The Balaban J connectivity index is 1.67. The van der Waals surface area contributed by atoms with E-state index in [0.29, 0.717) is 34.1 Å². The summed E-state index contributed by atoms with van der Waals surface area (Å²) in [6, 6.07) is 22.4.